The first-order valence-corrected chi connectivity index (χ1v) is 7.95. The zero-order chi connectivity index (χ0) is 14.9. The van der Waals surface area contributed by atoms with Crippen molar-refractivity contribution < 1.29 is 9.53 Å². The molecule has 0 unspecified atom stereocenters. The smallest absolute Gasteiger partial charge is 0.255 e. The molecular weight excluding hydrogens is 288 g/mol. The monoisotopic (exact) mass is 308 g/mol. The number of likely N-dealkylation sites (tertiary alicyclic amines) is 1. The van der Waals surface area contributed by atoms with Crippen molar-refractivity contribution in [3.63, 3.8) is 0 Å². The zero-order valence-corrected chi connectivity index (χ0v) is 13.1. The SMILES string of the molecule is CO[C@@H]1CCC[C@]12CCCN(C(=O)c1cncc(Cl)c1)C2. The number of amides is 1. The van der Waals surface area contributed by atoms with Crippen molar-refractivity contribution in [2.75, 3.05) is 20.2 Å². The number of aromatic nitrogens is 1. The van der Waals surface area contributed by atoms with Crippen LogP contribution in [0.1, 0.15) is 42.5 Å². The predicted octanol–water partition coefficient (Wildman–Crippen LogP) is 3.16. The summed E-state index contributed by atoms with van der Waals surface area (Å²) in [6.07, 6.45) is 9.08. The number of methoxy groups -OCH3 is 1. The van der Waals surface area contributed by atoms with Gasteiger partial charge >= 0.3 is 0 Å². The first-order valence-electron chi connectivity index (χ1n) is 7.57. The van der Waals surface area contributed by atoms with E-state index < -0.39 is 0 Å². The molecule has 1 aliphatic carbocycles. The fourth-order valence-electron chi connectivity index (χ4n) is 3.99. The molecule has 0 radical (unpaired) electrons. The second-order valence-corrected chi connectivity index (χ2v) is 6.64. The molecule has 0 bridgehead atoms. The summed E-state index contributed by atoms with van der Waals surface area (Å²) >= 11 is 5.94. The Labute approximate surface area is 130 Å². The van der Waals surface area contributed by atoms with Gasteiger partial charge in [0.25, 0.3) is 5.91 Å². The highest BCUT2D eigenvalue weighted by molar-refractivity contribution is 6.30. The third-order valence-corrected chi connectivity index (χ3v) is 5.16. The molecule has 1 amide bonds. The Hall–Kier alpha value is -1.13. The highest BCUT2D eigenvalue weighted by Crippen LogP contribution is 2.46. The van der Waals surface area contributed by atoms with Gasteiger partial charge in [-0.3, -0.25) is 9.78 Å². The second-order valence-electron chi connectivity index (χ2n) is 6.20. The van der Waals surface area contributed by atoms with Crippen molar-refractivity contribution in [1.82, 2.24) is 9.88 Å². The minimum Gasteiger partial charge on any atom is -0.381 e. The number of halogens is 1. The van der Waals surface area contributed by atoms with Gasteiger partial charge in [0.1, 0.15) is 0 Å². The molecule has 1 spiro atoms. The Balaban J connectivity index is 1.78. The molecule has 3 rings (SSSR count). The van der Waals surface area contributed by atoms with E-state index in [2.05, 4.69) is 4.98 Å². The van der Waals surface area contributed by atoms with E-state index in [4.69, 9.17) is 16.3 Å². The molecule has 1 saturated carbocycles. The summed E-state index contributed by atoms with van der Waals surface area (Å²) < 4.78 is 5.69. The van der Waals surface area contributed by atoms with Crippen molar-refractivity contribution >= 4 is 17.5 Å². The lowest BCUT2D eigenvalue weighted by Gasteiger charge is -2.43. The van der Waals surface area contributed by atoms with Crippen LogP contribution >= 0.6 is 11.6 Å². The molecule has 1 aromatic heterocycles. The highest BCUT2D eigenvalue weighted by atomic mass is 35.5. The third kappa shape index (κ3) is 2.79. The van der Waals surface area contributed by atoms with Crippen LogP contribution in [-0.4, -0.2) is 42.1 Å². The van der Waals surface area contributed by atoms with Crippen molar-refractivity contribution in [2.24, 2.45) is 5.41 Å². The Kier molecular flexibility index (Phi) is 4.18. The van der Waals surface area contributed by atoms with E-state index in [0.717, 1.165) is 38.8 Å². The van der Waals surface area contributed by atoms with Gasteiger partial charge in [-0.15, -0.1) is 0 Å². The van der Waals surface area contributed by atoms with Crippen molar-refractivity contribution in [1.29, 1.82) is 0 Å². The van der Waals surface area contributed by atoms with Gasteiger partial charge in [0.15, 0.2) is 0 Å². The molecule has 21 heavy (non-hydrogen) atoms. The molecule has 4 nitrogen and oxygen atoms in total. The average molecular weight is 309 g/mol. The lowest BCUT2D eigenvalue weighted by Crippen LogP contribution is -2.49. The van der Waals surface area contributed by atoms with Gasteiger partial charge in [0.2, 0.25) is 0 Å². The molecule has 2 fully saturated rings. The number of hydrogen-bond acceptors (Lipinski definition) is 3. The molecule has 2 aliphatic rings. The number of pyridine rings is 1. The van der Waals surface area contributed by atoms with E-state index in [-0.39, 0.29) is 17.4 Å². The number of carbonyl (C=O) groups excluding carboxylic acids is 1. The number of piperidine rings is 1. The van der Waals surface area contributed by atoms with Crippen LogP contribution in [0.15, 0.2) is 18.5 Å². The Morgan fingerprint density at radius 1 is 1.43 bits per heavy atom. The van der Waals surface area contributed by atoms with E-state index >= 15 is 0 Å². The molecule has 1 saturated heterocycles. The fraction of sp³-hybridized carbons (Fsp3) is 0.625. The summed E-state index contributed by atoms with van der Waals surface area (Å²) in [7, 11) is 1.79. The fourth-order valence-corrected chi connectivity index (χ4v) is 4.16. The summed E-state index contributed by atoms with van der Waals surface area (Å²) in [4.78, 5) is 18.6. The van der Waals surface area contributed by atoms with Crippen LogP contribution in [0.3, 0.4) is 0 Å². The lowest BCUT2D eigenvalue weighted by molar-refractivity contribution is -0.0295. The quantitative estimate of drug-likeness (QED) is 0.843. The third-order valence-electron chi connectivity index (χ3n) is 4.96. The Morgan fingerprint density at radius 2 is 2.24 bits per heavy atom. The van der Waals surface area contributed by atoms with Crippen LogP contribution in [0.25, 0.3) is 0 Å². The number of rotatable bonds is 2. The lowest BCUT2D eigenvalue weighted by atomic mass is 9.76. The molecule has 0 N–H and O–H groups in total. The van der Waals surface area contributed by atoms with Crippen molar-refractivity contribution in [2.45, 2.75) is 38.2 Å². The Morgan fingerprint density at radius 3 is 3.00 bits per heavy atom. The molecule has 1 aromatic rings. The largest absolute Gasteiger partial charge is 0.381 e. The molecule has 5 heteroatoms. The van der Waals surface area contributed by atoms with Gasteiger partial charge < -0.3 is 9.64 Å². The topological polar surface area (TPSA) is 42.4 Å². The molecule has 2 atom stereocenters. The van der Waals surface area contributed by atoms with Gasteiger partial charge in [-0.25, -0.2) is 0 Å². The summed E-state index contributed by atoms with van der Waals surface area (Å²) in [5, 5.41) is 0.503. The number of hydrogen-bond donors (Lipinski definition) is 0. The minimum absolute atomic E-state index is 0.0332. The number of ether oxygens (including phenoxy) is 1. The molecule has 114 valence electrons. The van der Waals surface area contributed by atoms with E-state index in [1.165, 1.54) is 6.42 Å². The number of carbonyl (C=O) groups is 1. The van der Waals surface area contributed by atoms with Crippen LogP contribution in [0.2, 0.25) is 5.02 Å². The van der Waals surface area contributed by atoms with E-state index in [1.54, 1.807) is 25.6 Å². The zero-order valence-electron chi connectivity index (χ0n) is 12.3. The van der Waals surface area contributed by atoms with Gasteiger partial charge in [-0.05, 0) is 31.7 Å². The van der Waals surface area contributed by atoms with Gasteiger partial charge in [0.05, 0.1) is 16.7 Å². The first kappa shape index (κ1) is 14.8. The standard InChI is InChI=1S/C16H21ClN2O2/c1-21-14-4-2-5-16(14)6-3-7-19(11-16)15(20)12-8-13(17)10-18-9-12/h8-10,14H,2-7,11H2,1H3/t14-,16-/m1/s1. The summed E-state index contributed by atoms with van der Waals surface area (Å²) in [6, 6.07) is 1.70. The van der Waals surface area contributed by atoms with Crippen molar-refractivity contribution in [3.05, 3.63) is 29.0 Å². The average Bonchev–Trinajstić information content (AvgIpc) is 2.88. The van der Waals surface area contributed by atoms with E-state index in [9.17, 15) is 4.79 Å². The maximum absolute atomic E-state index is 12.7. The maximum atomic E-state index is 12.7. The van der Waals surface area contributed by atoms with Crippen LogP contribution in [0.5, 0.6) is 0 Å². The summed E-state index contributed by atoms with van der Waals surface area (Å²) in [5.41, 5.74) is 0.723. The Bertz CT molecular complexity index is 537. The van der Waals surface area contributed by atoms with Crippen LogP contribution in [-0.2, 0) is 4.74 Å². The first-order chi connectivity index (χ1) is 10.1. The van der Waals surface area contributed by atoms with E-state index in [0.29, 0.717) is 10.6 Å². The van der Waals surface area contributed by atoms with E-state index in [1.807, 2.05) is 4.90 Å². The predicted molar refractivity (Wildman–Crippen MR) is 81.5 cm³/mol. The summed E-state index contributed by atoms with van der Waals surface area (Å²) in [5.74, 6) is 0.0332. The number of nitrogens with zero attached hydrogens (tertiary/aromatic N) is 2. The summed E-state index contributed by atoms with van der Waals surface area (Å²) in [6.45, 7) is 1.60. The molecule has 0 aromatic carbocycles. The normalized spacial score (nSPS) is 29.0. The van der Waals surface area contributed by atoms with Crippen LogP contribution < -0.4 is 0 Å². The maximum Gasteiger partial charge on any atom is 0.255 e. The van der Waals surface area contributed by atoms with Gasteiger partial charge in [0, 0.05) is 38.0 Å². The molecular formula is C16H21ClN2O2. The van der Waals surface area contributed by atoms with Crippen molar-refractivity contribution in [3.8, 4) is 0 Å². The van der Waals surface area contributed by atoms with Crippen LogP contribution in [0, 0.1) is 5.41 Å². The van der Waals surface area contributed by atoms with Gasteiger partial charge in [-0.2, -0.15) is 0 Å². The minimum atomic E-state index is 0.0332. The second kappa shape index (κ2) is 5.93. The van der Waals surface area contributed by atoms with Gasteiger partial charge in [-0.1, -0.05) is 18.0 Å². The molecule has 2 heterocycles. The highest BCUT2D eigenvalue weighted by Gasteiger charge is 2.46. The van der Waals surface area contributed by atoms with Crippen LogP contribution in [0.4, 0.5) is 0 Å². The molecule has 1 aliphatic heterocycles.